The van der Waals surface area contributed by atoms with Crippen molar-refractivity contribution in [3.63, 3.8) is 0 Å². The number of carbonyl (C=O) groups excluding carboxylic acids is 1. The summed E-state index contributed by atoms with van der Waals surface area (Å²) in [5.41, 5.74) is 0.779. The number of methoxy groups -OCH3 is 1. The van der Waals surface area contributed by atoms with Gasteiger partial charge in [-0.3, -0.25) is 9.69 Å². The fourth-order valence-corrected chi connectivity index (χ4v) is 4.63. The van der Waals surface area contributed by atoms with Crippen LogP contribution in [-0.4, -0.2) is 48.3 Å². The summed E-state index contributed by atoms with van der Waals surface area (Å²) in [6.45, 7) is 5.91. The zero-order valence-electron chi connectivity index (χ0n) is 14.5. The molecule has 1 amide bonds. The van der Waals surface area contributed by atoms with Crippen LogP contribution in [0.2, 0.25) is 0 Å². The summed E-state index contributed by atoms with van der Waals surface area (Å²) in [6.07, 6.45) is 3.69. The molecule has 1 aromatic rings. The van der Waals surface area contributed by atoms with Gasteiger partial charge in [0, 0.05) is 17.8 Å². The lowest BCUT2D eigenvalue weighted by atomic mass is 9.73. The van der Waals surface area contributed by atoms with Crippen molar-refractivity contribution in [2.45, 2.75) is 31.4 Å². The fraction of sp³-hybridized carbons (Fsp3) is 0.500. The van der Waals surface area contributed by atoms with Crippen molar-refractivity contribution in [2.75, 3.05) is 20.2 Å². The second kappa shape index (κ2) is 6.39. The van der Waals surface area contributed by atoms with E-state index in [1.165, 1.54) is 0 Å². The van der Waals surface area contributed by atoms with Crippen LogP contribution in [0.25, 0.3) is 5.57 Å². The van der Waals surface area contributed by atoms with E-state index in [-0.39, 0.29) is 18.4 Å². The predicted octanol–water partition coefficient (Wildman–Crippen LogP) is 0.653. The van der Waals surface area contributed by atoms with E-state index in [0.717, 1.165) is 36.7 Å². The van der Waals surface area contributed by atoms with Crippen LogP contribution < -0.4 is 15.3 Å². The molecular weight excluding hydrogens is 316 g/mol. The lowest BCUT2D eigenvalue weighted by Gasteiger charge is -2.50. The monoisotopic (exact) mass is 340 g/mol. The van der Waals surface area contributed by atoms with E-state index < -0.39 is 6.10 Å². The van der Waals surface area contributed by atoms with Crippen molar-refractivity contribution in [3.8, 4) is 5.75 Å². The van der Waals surface area contributed by atoms with Crippen molar-refractivity contribution in [1.82, 2.24) is 4.90 Å². The Hall–Kier alpha value is -1.98. The Bertz CT molecular complexity index is 832. The third-order valence-corrected chi connectivity index (χ3v) is 6.01. The summed E-state index contributed by atoms with van der Waals surface area (Å²) in [4.78, 5) is 18.6. The first-order valence-electron chi connectivity index (χ1n) is 8.94. The molecular formula is C20H24N2O3. The number of rotatable bonds is 4. The standard InChI is InChI=1S/C20H24N2O3/c1-3-12-11-22-7-6-13(12)8-18(22)20(24)16-10-19(23)21-17-5-4-14(25-2)9-15(16)17/h3-5,9,12-13,18,20,24H,1,6-8,10-11H2,2H3/t12-,13-,18+,20-/m0/s1. The molecule has 0 aliphatic carbocycles. The van der Waals surface area contributed by atoms with E-state index in [4.69, 9.17) is 4.74 Å². The number of hydrogen-bond acceptors (Lipinski definition) is 4. The molecule has 5 atom stereocenters. The van der Waals surface area contributed by atoms with Crippen LogP contribution in [0.1, 0.15) is 19.3 Å². The van der Waals surface area contributed by atoms with Crippen LogP contribution in [0.15, 0.2) is 35.8 Å². The van der Waals surface area contributed by atoms with Gasteiger partial charge in [0.05, 0.1) is 25.0 Å². The summed E-state index contributed by atoms with van der Waals surface area (Å²) < 4.78 is 5.32. The number of nitrogens with zero attached hydrogens (tertiary/aromatic N) is 2. The molecule has 5 nitrogen and oxygen atoms in total. The number of hydrogen-bond donors (Lipinski definition) is 1. The van der Waals surface area contributed by atoms with Gasteiger partial charge in [-0.1, -0.05) is 6.08 Å². The molecule has 0 radical (unpaired) electrons. The maximum Gasteiger partial charge on any atom is 0.250 e. The zero-order chi connectivity index (χ0) is 17.6. The van der Waals surface area contributed by atoms with Crippen LogP contribution in [0.4, 0.5) is 0 Å². The molecule has 132 valence electrons. The highest BCUT2D eigenvalue weighted by Gasteiger charge is 2.42. The summed E-state index contributed by atoms with van der Waals surface area (Å²) in [5.74, 6) is 1.62. The van der Waals surface area contributed by atoms with E-state index >= 15 is 0 Å². The number of ether oxygens (including phenoxy) is 1. The molecule has 5 heteroatoms. The topological polar surface area (TPSA) is 62.1 Å². The molecule has 0 saturated carbocycles. The maximum absolute atomic E-state index is 12.1. The first kappa shape index (κ1) is 16.5. The molecule has 3 fully saturated rings. The zero-order valence-corrected chi connectivity index (χ0v) is 14.5. The Labute approximate surface area is 147 Å². The number of aliphatic hydroxyl groups excluding tert-OH is 1. The highest BCUT2D eigenvalue weighted by molar-refractivity contribution is 5.87. The molecule has 1 N–H and O–H groups in total. The van der Waals surface area contributed by atoms with Gasteiger partial charge in [0.1, 0.15) is 5.75 Å². The van der Waals surface area contributed by atoms with Crippen LogP contribution >= 0.6 is 0 Å². The normalized spacial score (nSPS) is 31.9. The van der Waals surface area contributed by atoms with Gasteiger partial charge >= 0.3 is 0 Å². The van der Waals surface area contributed by atoms with Gasteiger partial charge in [0.2, 0.25) is 5.91 Å². The highest BCUT2D eigenvalue weighted by atomic mass is 16.5. The minimum absolute atomic E-state index is 0.0647. The number of benzene rings is 1. The van der Waals surface area contributed by atoms with Crippen LogP contribution in [0, 0.1) is 11.8 Å². The Balaban J connectivity index is 1.73. The second-order valence-electron chi connectivity index (χ2n) is 7.28. The van der Waals surface area contributed by atoms with E-state index in [1.54, 1.807) is 19.2 Å². The van der Waals surface area contributed by atoms with Crippen molar-refractivity contribution in [2.24, 2.45) is 16.8 Å². The quantitative estimate of drug-likeness (QED) is 0.818. The second-order valence-corrected chi connectivity index (χ2v) is 7.28. The van der Waals surface area contributed by atoms with E-state index in [9.17, 15) is 9.90 Å². The van der Waals surface area contributed by atoms with Gasteiger partial charge in [-0.05, 0) is 55.0 Å². The average Bonchev–Trinajstić information content (AvgIpc) is 2.66. The molecule has 4 aliphatic heterocycles. The van der Waals surface area contributed by atoms with E-state index in [0.29, 0.717) is 22.9 Å². The lowest BCUT2D eigenvalue weighted by molar-refractivity contribution is -0.117. The first-order valence-corrected chi connectivity index (χ1v) is 8.94. The fourth-order valence-electron chi connectivity index (χ4n) is 4.63. The van der Waals surface area contributed by atoms with Gasteiger partial charge in [-0.25, -0.2) is 4.99 Å². The summed E-state index contributed by atoms with van der Waals surface area (Å²) >= 11 is 0. The number of fused-ring (bicyclic) bond motifs is 4. The Morgan fingerprint density at radius 2 is 2.32 bits per heavy atom. The number of aliphatic hydroxyl groups is 1. The summed E-state index contributed by atoms with van der Waals surface area (Å²) in [5, 5.41) is 12.6. The van der Waals surface area contributed by atoms with Crippen LogP contribution in [0.5, 0.6) is 5.75 Å². The van der Waals surface area contributed by atoms with Gasteiger partial charge in [-0.2, -0.15) is 0 Å². The lowest BCUT2D eigenvalue weighted by Crippen LogP contribution is -2.58. The van der Waals surface area contributed by atoms with Gasteiger partial charge in [0.15, 0.2) is 0 Å². The largest absolute Gasteiger partial charge is 0.497 e. The molecule has 4 aliphatic rings. The van der Waals surface area contributed by atoms with Crippen molar-refractivity contribution in [3.05, 3.63) is 41.4 Å². The number of amides is 1. The van der Waals surface area contributed by atoms with E-state index in [1.807, 2.05) is 6.07 Å². The van der Waals surface area contributed by atoms with Gasteiger partial charge < -0.3 is 9.84 Å². The van der Waals surface area contributed by atoms with Crippen molar-refractivity contribution in [1.29, 1.82) is 0 Å². The highest BCUT2D eigenvalue weighted by Crippen LogP contribution is 2.39. The first-order chi connectivity index (χ1) is 12.1. The third-order valence-electron chi connectivity index (χ3n) is 6.01. The maximum atomic E-state index is 12.1. The van der Waals surface area contributed by atoms with Gasteiger partial charge in [0.25, 0.3) is 0 Å². The average molecular weight is 340 g/mol. The molecule has 2 bridgehead atoms. The SMILES string of the molecule is C=C[C@H]1CN2CC[C@H]1C[C@@H]2[C@@H](O)C1=c2cc(OC)ccc2=NC(=O)C1. The number of carbonyl (C=O) groups is 1. The molecule has 0 aromatic heterocycles. The van der Waals surface area contributed by atoms with Gasteiger partial charge in [-0.15, -0.1) is 6.58 Å². The molecule has 3 saturated heterocycles. The molecule has 25 heavy (non-hydrogen) atoms. The Morgan fingerprint density at radius 3 is 3.00 bits per heavy atom. The van der Waals surface area contributed by atoms with Crippen LogP contribution in [0.3, 0.4) is 0 Å². The molecule has 0 spiro atoms. The molecule has 1 aromatic carbocycles. The molecule has 1 unspecified atom stereocenters. The predicted molar refractivity (Wildman–Crippen MR) is 94.6 cm³/mol. The minimum atomic E-state index is -0.654. The third kappa shape index (κ3) is 2.81. The van der Waals surface area contributed by atoms with Crippen molar-refractivity contribution < 1.29 is 14.6 Å². The minimum Gasteiger partial charge on any atom is -0.497 e. The Morgan fingerprint density at radius 1 is 1.48 bits per heavy atom. The summed E-state index contributed by atoms with van der Waals surface area (Å²) in [7, 11) is 1.62. The van der Waals surface area contributed by atoms with E-state index in [2.05, 4.69) is 22.5 Å². The Kier molecular flexibility index (Phi) is 4.21. The summed E-state index contributed by atoms with van der Waals surface area (Å²) in [6, 6.07) is 5.53. The molecule has 4 heterocycles. The smallest absolute Gasteiger partial charge is 0.250 e. The number of piperidine rings is 3. The molecule has 5 rings (SSSR count). The van der Waals surface area contributed by atoms with Crippen molar-refractivity contribution >= 4 is 11.5 Å². The van der Waals surface area contributed by atoms with Crippen LogP contribution in [-0.2, 0) is 4.79 Å².